The first kappa shape index (κ1) is 18.9. The molecule has 0 saturated carbocycles. The monoisotopic (exact) mass is 370 g/mol. The van der Waals surface area contributed by atoms with Gasteiger partial charge in [-0.25, -0.2) is 0 Å². The normalized spacial score (nSPS) is 17.9. The van der Waals surface area contributed by atoms with Gasteiger partial charge in [0.15, 0.2) is 0 Å². The van der Waals surface area contributed by atoms with Gasteiger partial charge in [-0.3, -0.25) is 4.90 Å². The van der Waals surface area contributed by atoms with Gasteiger partial charge in [0.25, 0.3) is 0 Å². The van der Waals surface area contributed by atoms with Gasteiger partial charge < -0.3 is 5.32 Å². The Bertz CT molecular complexity index is 827. The van der Waals surface area contributed by atoms with Gasteiger partial charge >= 0.3 is 0 Å². The lowest BCUT2D eigenvalue weighted by atomic mass is 10.0. The van der Waals surface area contributed by atoms with E-state index in [1.54, 1.807) is 0 Å². The van der Waals surface area contributed by atoms with Crippen LogP contribution in [0.2, 0.25) is 0 Å². The molecule has 3 aromatic carbocycles. The van der Waals surface area contributed by atoms with Crippen LogP contribution in [0, 0.1) is 0 Å². The molecule has 2 heteroatoms. The maximum absolute atomic E-state index is 3.79. The van der Waals surface area contributed by atoms with Crippen LogP contribution in [0.4, 0.5) is 0 Å². The van der Waals surface area contributed by atoms with Crippen LogP contribution in [0.15, 0.2) is 84.9 Å². The minimum atomic E-state index is 0.620. The minimum Gasteiger partial charge on any atom is -0.310 e. The molecule has 1 atom stereocenters. The van der Waals surface area contributed by atoms with Crippen molar-refractivity contribution in [1.29, 1.82) is 0 Å². The molecular weight excluding hydrogens is 340 g/mol. The van der Waals surface area contributed by atoms with E-state index in [0.29, 0.717) is 6.04 Å². The second-order valence-electron chi connectivity index (χ2n) is 7.83. The topological polar surface area (TPSA) is 15.3 Å². The largest absolute Gasteiger partial charge is 0.310 e. The Kier molecular flexibility index (Phi) is 6.54. The lowest BCUT2D eigenvalue weighted by Crippen LogP contribution is -2.30. The van der Waals surface area contributed by atoms with E-state index in [2.05, 4.69) is 95.1 Å². The zero-order valence-corrected chi connectivity index (χ0v) is 16.6. The molecule has 1 N–H and O–H groups in total. The quantitative estimate of drug-likeness (QED) is 0.616. The molecule has 1 aliphatic rings. The van der Waals surface area contributed by atoms with E-state index in [1.165, 1.54) is 54.6 Å². The maximum atomic E-state index is 3.79. The van der Waals surface area contributed by atoms with Gasteiger partial charge in [-0.05, 0) is 54.6 Å². The van der Waals surface area contributed by atoms with Gasteiger partial charge in [0.1, 0.15) is 0 Å². The number of nitrogens with one attached hydrogen (secondary N) is 1. The Morgan fingerprint density at radius 3 is 2.11 bits per heavy atom. The number of hydrogen-bond acceptors (Lipinski definition) is 2. The van der Waals surface area contributed by atoms with Crippen LogP contribution in [0.1, 0.15) is 30.4 Å². The van der Waals surface area contributed by atoms with Gasteiger partial charge in [0, 0.05) is 19.1 Å². The van der Waals surface area contributed by atoms with Crippen molar-refractivity contribution in [2.45, 2.75) is 38.4 Å². The van der Waals surface area contributed by atoms with Crippen molar-refractivity contribution in [2.75, 3.05) is 13.1 Å². The SMILES string of the molecule is c1ccc(CN2CCCC(NCc3ccc(-c4ccccc4)cc3)CC2)cc1. The zero-order chi connectivity index (χ0) is 19.0. The highest BCUT2D eigenvalue weighted by molar-refractivity contribution is 5.63. The van der Waals surface area contributed by atoms with Gasteiger partial charge in [-0.1, -0.05) is 84.9 Å². The molecule has 28 heavy (non-hydrogen) atoms. The molecule has 144 valence electrons. The van der Waals surface area contributed by atoms with Crippen molar-refractivity contribution in [2.24, 2.45) is 0 Å². The fourth-order valence-electron chi connectivity index (χ4n) is 4.07. The van der Waals surface area contributed by atoms with Crippen LogP contribution in [-0.4, -0.2) is 24.0 Å². The van der Waals surface area contributed by atoms with Crippen molar-refractivity contribution in [3.8, 4) is 11.1 Å². The highest BCUT2D eigenvalue weighted by Crippen LogP contribution is 2.20. The summed E-state index contributed by atoms with van der Waals surface area (Å²) in [6.45, 7) is 4.42. The van der Waals surface area contributed by atoms with E-state index in [1.807, 2.05) is 0 Å². The van der Waals surface area contributed by atoms with E-state index in [4.69, 9.17) is 0 Å². The third-order valence-corrected chi connectivity index (χ3v) is 5.73. The van der Waals surface area contributed by atoms with E-state index in [-0.39, 0.29) is 0 Å². The molecule has 0 amide bonds. The van der Waals surface area contributed by atoms with E-state index in [9.17, 15) is 0 Å². The van der Waals surface area contributed by atoms with Gasteiger partial charge in [0.2, 0.25) is 0 Å². The third-order valence-electron chi connectivity index (χ3n) is 5.73. The molecule has 0 spiro atoms. The van der Waals surface area contributed by atoms with Crippen molar-refractivity contribution in [3.63, 3.8) is 0 Å². The summed E-state index contributed by atoms with van der Waals surface area (Å²) in [7, 11) is 0. The van der Waals surface area contributed by atoms with Crippen molar-refractivity contribution in [1.82, 2.24) is 10.2 Å². The summed E-state index contributed by atoms with van der Waals surface area (Å²) in [5, 5.41) is 3.79. The molecule has 1 fully saturated rings. The molecule has 1 saturated heterocycles. The first-order valence-electron chi connectivity index (χ1n) is 10.5. The summed E-state index contributed by atoms with van der Waals surface area (Å²) in [4.78, 5) is 2.60. The molecule has 4 rings (SSSR count). The average molecular weight is 371 g/mol. The lowest BCUT2D eigenvalue weighted by Gasteiger charge is -2.20. The summed E-state index contributed by atoms with van der Waals surface area (Å²) in [6.07, 6.45) is 3.78. The Labute approximate surface area is 169 Å². The van der Waals surface area contributed by atoms with Crippen LogP contribution in [0.25, 0.3) is 11.1 Å². The molecule has 0 radical (unpaired) electrons. The molecule has 1 unspecified atom stereocenters. The predicted octanol–water partition coefficient (Wildman–Crippen LogP) is 5.50. The summed E-state index contributed by atoms with van der Waals surface area (Å²) in [6, 6.07) is 31.0. The molecular formula is C26H30N2. The van der Waals surface area contributed by atoms with Crippen LogP contribution in [0.5, 0.6) is 0 Å². The fourth-order valence-corrected chi connectivity index (χ4v) is 4.07. The van der Waals surface area contributed by atoms with Crippen LogP contribution >= 0.6 is 0 Å². The van der Waals surface area contributed by atoms with Gasteiger partial charge in [-0.2, -0.15) is 0 Å². The molecule has 0 bridgehead atoms. The summed E-state index contributed by atoms with van der Waals surface area (Å²) >= 11 is 0. The number of hydrogen-bond donors (Lipinski definition) is 1. The number of benzene rings is 3. The Morgan fingerprint density at radius 1 is 0.679 bits per heavy atom. The predicted molar refractivity (Wildman–Crippen MR) is 118 cm³/mol. The molecule has 0 aliphatic carbocycles. The molecule has 1 heterocycles. The van der Waals surface area contributed by atoms with Crippen LogP contribution in [0.3, 0.4) is 0 Å². The number of likely N-dealkylation sites (tertiary alicyclic amines) is 1. The summed E-state index contributed by atoms with van der Waals surface area (Å²) in [5.41, 5.74) is 5.36. The minimum absolute atomic E-state index is 0.620. The fraction of sp³-hybridized carbons (Fsp3) is 0.308. The van der Waals surface area contributed by atoms with Crippen molar-refractivity contribution < 1.29 is 0 Å². The smallest absolute Gasteiger partial charge is 0.0233 e. The van der Waals surface area contributed by atoms with Crippen molar-refractivity contribution >= 4 is 0 Å². The van der Waals surface area contributed by atoms with Gasteiger partial charge in [0.05, 0.1) is 0 Å². The number of rotatable bonds is 6. The number of nitrogens with zero attached hydrogens (tertiary/aromatic N) is 1. The molecule has 3 aromatic rings. The highest BCUT2D eigenvalue weighted by Gasteiger charge is 2.16. The Morgan fingerprint density at radius 2 is 1.36 bits per heavy atom. The second kappa shape index (κ2) is 9.68. The first-order chi connectivity index (χ1) is 13.9. The Balaban J connectivity index is 1.26. The van der Waals surface area contributed by atoms with Crippen LogP contribution in [-0.2, 0) is 13.1 Å². The lowest BCUT2D eigenvalue weighted by molar-refractivity contribution is 0.274. The molecule has 1 aliphatic heterocycles. The second-order valence-corrected chi connectivity index (χ2v) is 7.83. The Hall–Kier alpha value is -2.42. The maximum Gasteiger partial charge on any atom is 0.0233 e. The summed E-state index contributed by atoms with van der Waals surface area (Å²) < 4.78 is 0. The zero-order valence-electron chi connectivity index (χ0n) is 16.6. The molecule has 0 aromatic heterocycles. The first-order valence-corrected chi connectivity index (χ1v) is 10.5. The third kappa shape index (κ3) is 5.31. The standard InChI is InChI=1S/C26H30N2/c1-3-8-23(9-4-1)21-28-18-7-12-26(17-19-28)27-20-22-13-15-25(16-14-22)24-10-5-2-6-11-24/h1-6,8-11,13-16,26-27H,7,12,17-21H2. The van der Waals surface area contributed by atoms with Gasteiger partial charge in [-0.15, -0.1) is 0 Å². The van der Waals surface area contributed by atoms with Crippen LogP contribution < -0.4 is 5.32 Å². The summed E-state index contributed by atoms with van der Waals surface area (Å²) in [5.74, 6) is 0. The van der Waals surface area contributed by atoms with E-state index in [0.717, 1.165) is 13.1 Å². The molecule has 2 nitrogen and oxygen atoms in total. The van der Waals surface area contributed by atoms with E-state index < -0.39 is 0 Å². The van der Waals surface area contributed by atoms with E-state index >= 15 is 0 Å². The highest BCUT2D eigenvalue weighted by atomic mass is 15.1. The average Bonchev–Trinajstić information content (AvgIpc) is 2.99. The van der Waals surface area contributed by atoms with Crippen molar-refractivity contribution in [3.05, 3.63) is 96.1 Å².